The van der Waals surface area contributed by atoms with Crippen molar-refractivity contribution < 1.29 is 9.18 Å². The summed E-state index contributed by atoms with van der Waals surface area (Å²) in [5.41, 5.74) is 5.85. The molecular formula is C28H28FN7O. The Balaban J connectivity index is 1.36. The number of halogens is 1. The lowest BCUT2D eigenvalue weighted by atomic mass is 10.0. The molecule has 1 aliphatic heterocycles. The minimum Gasteiger partial charge on any atom is -0.380 e. The van der Waals surface area contributed by atoms with Crippen LogP contribution in [0.2, 0.25) is 0 Å². The minimum absolute atomic E-state index is 0.284. The number of amides is 1. The number of anilines is 4. The molecule has 8 nitrogen and oxygen atoms in total. The third-order valence-corrected chi connectivity index (χ3v) is 6.30. The van der Waals surface area contributed by atoms with Crippen molar-refractivity contribution in [1.82, 2.24) is 19.9 Å². The highest BCUT2D eigenvalue weighted by molar-refractivity contribution is 6.00. The summed E-state index contributed by atoms with van der Waals surface area (Å²) >= 11 is 0. The zero-order chi connectivity index (χ0) is 25.8. The van der Waals surface area contributed by atoms with Gasteiger partial charge in [0.2, 0.25) is 11.9 Å². The molecule has 0 spiro atoms. The molecule has 4 aromatic rings. The number of rotatable bonds is 9. The third kappa shape index (κ3) is 5.57. The average Bonchev–Trinajstić information content (AvgIpc) is 2.88. The van der Waals surface area contributed by atoms with Gasteiger partial charge in [0.1, 0.15) is 6.67 Å². The molecule has 0 unspecified atom stereocenters. The van der Waals surface area contributed by atoms with Gasteiger partial charge in [0.25, 0.3) is 0 Å². The first-order valence-electron chi connectivity index (χ1n) is 12.1. The Morgan fingerprint density at radius 2 is 1.89 bits per heavy atom. The fraction of sp³-hybridized carbons (Fsp3) is 0.214. The molecule has 37 heavy (non-hydrogen) atoms. The predicted octanol–water partition coefficient (Wildman–Crippen LogP) is 4.93. The molecule has 1 saturated heterocycles. The largest absolute Gasteiger partial charge is 0.380 e. The Labute approximate surface area is 214 Å². The second kappa shape index (κ2) is 10.7. The number of carbonyl (C=O) groups excluding carboxylic acids is 1. The van der Waals surface area contributed by atoms with Gasteiger partial charge in [-0.15, -0.1) is 0 Å². The molecule has 3 N–H and O–H groups in total. The highest BCUT2D eigenvalue weighted by Crippen LogP contribution is 2.31. The fourth-order valence-corrected chi connectivity index (χ4v) is 4.40. The summed E-state index contributed by atoms with van der Waals surface area (Å²) in [4.78, 5) is 27.7. The highest BCUT2D eigenvalue weighted by atomic mass is 19.1. The van der Waals surface area contributed by atoms with E-state index in [1.807, 2.05) is 49.4 Å². The Morgan fingerprint density at radius 3 is 2.65 bits per heavy atom. The summed E-state index contributed by atoms with van der Waals surface area (Å²) in [5, 5.41) is 10.4. The van der Waals surface area contributed by atoms with Crippen molar-refractivity contribution >= 4 is 39.8 Å². The molecule has 1 fully saturated rings. The van der Waals surface area contributed by atoms with Gasteiger partial charge in [0.05, 0.1) is 17.3 Å². The molecule has 2 aromatic heterocycles. The van der Waals surface area contributed by atoms with Gasteiger partial charge in [0.15, 0.2) is 0 Å². The van der Waals surface area contributed by atoms with Gasteiger partial charge in [0, 0.05) is 60.0 Å². The van der Waals surface area contributed by atoms with Crippen molar-refractivity contribution in [3.63, 3.8) is 0 Å². The van der Waals surface area contributed by atoms with Gasteiger partial charge in [-0.3, -0.25) is 14.7 Å². The van der Waals surface area contributed by atoms with Crippen LogP contribution in [-0.2, 0) is 4.79 Å². The number of aryl methyl sites for hydroxylation is 1. The molecule has 0 bridgehead atoms. The van der Waals surface area contributed by atoms with Crippen LogP contribution in [0, 0.1) is 6.92 Å². The van der Waals surface area contributed by atoms with E-state index in [9.17, 15) is 9.18 Å². The number of aromatic nitrogens is 3. The second-order valence-corrected chi connectivity index (χ2v) is 9.00. The minimum atomic E-state index is -0.304. The van der Waals surface area contributed by atoms with E-state index in [1.165, 1.54) is 6.08 Å². The Kier molecular flexibility index (Phi) is 7.04. The van der Waals surface area contributed by atoms with Gasteiger partial charge in [-0.05, 0) is 55.0 Å². The Bertz CT molecular complexity index is 1430. The van der Waals surface area contributed by atoms with E-state index in [0.29, 0.717) is 29.9 Å². The molecule has 0 atom stereocenters. The van der Waals surface area contributed by atoms with E-state index in [2.05, 4.69) is 37.4 Å². The summed E-state index contributed by atoms with van der Waals surface area (Å²) in [5.74, 6) is 0.185. The smallest absolute Gasteiger partial charge is 0.247 e. The van der Waals surface area contributed by atoms with Gasteiger partial charge in [-0.2, -0.15) is 0 Å². The molecule has 0 aliphatic carbocycles. The maximum Gasteiger partial charge on any atom is 0.247 e. The maximum absolute atomic E-state index is 12.4. The number of benzene rings is 2. The van der Waals surface area contributed by atoms with Crippen LogP contribution in [0.1, 0.15) is 5.56 Å². The number of fused-ring (bicyclic) bond motifs is 1. The molecule has 0 saturated carbocycles. The first kappa shape index (κ1) is 24.3. The number of likely N-dealkylation sites (tertiary alicyclic amines) is 1. The number of nitrogens with one attached hydrogen (secondary N) is 3. The van der Waals surface area contributed by atoms with Crippen LogP contribution < -0.4 is 16.0 Å². The van der Waals surface area contributed by atoms with E-state index in [-0.39, 0.29) is 12.6 Å². The van der Waals surface area contributed by atoms with Crippen molar-refractivity contribution in [2.75, 3.05) is 42.3 Å². The molecule has 3 heterocycles. The lowest BCUT2D eigenvalue weighted by Crippen LogP contribution is -2.55. The summed E-state index contributed by atoms with van der Waals surface area (Å²) in [6.07, 6.45) is 4.67. The number of hydrogen-bond acceptors (Lipinski definition) is 7. The van der Waals surface area contributed by atoms with Crippen LogP contribution in [0.25, 0.3) is 22.2 Å². The molecule has 9 heteroatoms. The maximum atomic E-state index is 12.4. The van der Waals surface area contributed by atoms with E-state index in [4.69, 9.17) is 4.98 Å². The van der Waals surface area contributed by atoms with Gasteiger partial charge >= 0.3 is 0 Å². The first-order chi connectivity index (χ1) is 18.0. The van der Waals surface area contributed by atoms with E-state index in [0.717, 1.165) is 46.5 Å². The lowest BCUT2D eigenvalue weighted by molar-refractivity contribution is -0.111. The van der Waals surface area contributed by atoms with Crippen LogP contribution in [0.5, 0.6) is 0 Å². The van der Waals surface area contributed by atoms with Gasteiger partial charge < -0.3 is 16.0 Å². The van der Waals surface area contributed by atoms with Crippen LogP contribution in [0.4, 0.5) is 27.4 Å². The Morgan fingerprint density at radius 1 is 1.11 bits per heavy atom. The molecule has 1 amide bonds. The molecule has 0 radical (unpaired) electrons. The van der Waals surface area contributed by atoms with Crippen molar-refractivity contribution in [1.29, 1.82) is 0 Å². The van der Waals surface area contributed by atoms with Gasteiger partial charge in [-0.25, -0.2) is 14.4 Å². The third-order valence-electron chi connectivity index (χ3n) is 6.30. The summed E-state index contributed by atoms with van der Waals surface area (Å²) < 4.78 is 12.4. The second-order valence-electron chi connectivity index (χ2n) is 9.00. The van der Waals surface area contributed by atoms with E-state index < -0.39 is 0 Å². The predicted molar refractivity (Wildman–Crippen MR) is 146 cm³/mol. The standard InChI is InChI=1S/C28H28FN7O/c1-3-25(37)33-22-10-12-30-24(14-22)26-18(2)4-5-19-15-31-28(35-27(19)26)34-21-8-6-20(7-9-21)32-23-16-36(17-23)13-11-29/h3-10,12,14-15,23,32H,1,11,13,16-17H2,2H3,(H,30,33,37)(H,31,34,35). The van der Waals surface area contributed by atoms with Crippen LogP contribution in [0.3, 0.4) is 0 Å². The molecular weight excluding hydrogens is 469 g/mol. The fourth-order valence-electron chi connectivity index (χ4n) is 4.40. The summed E-state index contributed by atoms with van der Waals surface area (Å²) in [6.45, 7) is 7.42. The first-order valence-corrected chi connectivity index (χ1v) is 12.1. The van der Waals surface area contributed by atoms with Crippen LogP contribution >= 0.6 is 0 Å². The zero-order valence-electron chi connectivity index (χ0n) is 20.5. The topological polar surface area (TPSA) is 95.1 Å². The molecule has 2 aromatic carbocycles. The summed E-state index contributed by atoms with van der Waals surface area (Å²) in [7, 11) is 0. The zero-order valence-corrected chi connectivity index (χ0v) is 20.5. The number of carbonyl (C=O) groups is 1. The van der Waals surface area contributed by atoms with Crippen LogP contribution in [-0.4, -0.2) is 58.1 Å². The quantitative estimate of drug-likeness (QED) is 0.282. The van der Waals surface area contributed by atoms with Crippen LogP contribution in [0.15, 0.2) is 73.6 Å². The highest BCUT2D eigenvalue weighted by Gasteiger charge is 2.25. The van der Waals surface area contributed by atoms with Crippen molar-refractivity contribution in [3.05, 3.63) is 79.1 Å². The molecule has 5 rings (SSSR count). The van der Waals surface area contributed by atoms with E-state index in [1.54, 1.807) is 18.5 Å². The van der Waals surface area contributed by atoms with Crippen molar-refractivity contribution in [2.45, 2.75) is 13.0 Å². The number of nitrogens with zero attached hydrogens (tertiary/aromatic N) is 4. The average molecular weight is 498 g/mol. The summed E-state index contributed by atoms with van der Waals surface area (Å²) in [6, 6.07) is 15.8. The number of alkyl halides is 1. The molecule has 1 aliphatic rings. The lowest BCUT2D eigenvalue weighted by Gasteiger charge is -2.39. The van der Waals surface area contributed by atoms with E-state index >= 15 is 0 Å². The number of hydrogen-bond donors (Lipinski definition) is 3. The molecule has 188 valence electrons. The number of pyridine rings is 1. The van der Waals surface area contributed by atoms with Gasteiger partial charge in [-0.1, -0.05) is 18.7 Å². The monoisotopic (exact) mass is 497 g/mol. The SMILES string of the molecule is C=CC(=O)Nc1ccnc(-c2c(C)ccc3cnc(Nc4ccc(NC5CN(CCF)C5)cc4)nc23)c1. The normalized spacial score (nSPS) is 13.7. The van der Waals surface area contributed by atoms with Crippen molar-refractivity contribution in [2.24, 2.45) is 0 Å². The van der Waals surface area contributed by atoms with Crippen molar-refractivity contribution in [3.8, 4) is 11.3 Å². The Hall–Kier alpha value is -4.37.